The fourth-order valence-corrected chi connectivity index (χ4v) is 2.24. The van der Waals surface area contributed by atoms with E-state index >= 15 is 0 Å². The van der Waals surface area contributed by atoms with Gasteiger partial charge in [0, 0.05) is 21.4 Å². The summed E-state index contributed by atoms with van der Waals surface area (Å²) in [6.45, 7) is 0. The van der Waals surface area contributed by atoms with Crippen molar-refractivity contribution >= 4 is 45.6 Å². The minimum absolute atomic E-state index is 0.0132. The summed E-state index contributed by atoms with van der Waals surface area (Å²) in [5.41, 5.74) is 1.47. The number of anilines is 2. The van der Waals surface area contributed by atoms with Crippen LogP contribution in [0, 0.1) is 13.7 Å². The maximum atomic E-state index is 10.9. The molecule has 0 unspecified atom stereocenters. The Kier molecular flexibility index (Phi) is 4.18. The van der Waals surface area contributed by atoms with Crippen molar-refractivity contribution in [1.82, 2.24) is 0 Å². The second-order valence-electron chi connectivity index (χ2n) is 3.93. The largest absolute Gasteiger partial charge is 0.478 e. The van der Waals surface area contributed by atoms with Gasteiger partial charge in [0.2, 0.25) is 0 Å². The summed E-state index contributed by atoms with van der Waals surface area (Å²) < 4.78 is 0.678. The van der Waals surface area contributed by atoms with Crippen molar-refractivity contribution in [2.75, 3.05) is 5.32 Å². The summed E-state index contributed by atoms with van der Waals surface area (Å²) in [4.78, 5) is 21.1. The highest BCUT2D eigenvalue weighted by molar-refractivity contribution is 14.1. The molecule has 0 aliphatic rings. The fraction of sp³-hybridized carbons (Fsp3) is 0. The number of hydrogen-bond donors (Lipinski definition) is 2. The molecular weight excluding hydrogens is 375 g/mol. The summed E-state index contributed by atoms with van der Waals surface area (Å²) in [6.07, 6.45) is 0. The first kappa shape index (κ1) is 14.3. The van der Waals surface area contributed by atoms with E-state index in [4.69, 9.17) is 5.11 Å². The van der Waals surface area contributed by atoms with Crippen LogP contribution >= 0.6 is 22.6 Å². The van der Waals surface area contributed by atoms with Gasteiger partial charge in [0.25, 0.3) is 5.69 Å². The zero-order valence-electron chi connectivity index (χ0n) is 10.0. The number of non-ortho nitro benzene ring substituents is 1. The number of benzene rings is 2. The molecule has 0 amide bonds. The van der Waals surface area contributed by atoms with Crippen LogP contribution in [0.2, 0.25) is 0 Å². The quantitative estimate of drug-likeness (QED) is 0.477. The van der Waals surface area contributed by atoms with E-state index in [9.17, 15) is 14.9 Å². The van der Waals surface area contributed by atoms with Crippen LogP contribution in [0.5, 0.6) is 0 Å². The molecule has 2 aromatic carbocycles. The van der Waals surface area contributed by atoms with Crippen LogP contribution in [0.15, 0.2) is 42.5 Å². The molecule has 0 atom stereocenters. The van der Waals surface area contributed by atoms with Crippen molar-refractivity contribution in [3.05, 3.63) is 61.7 Å². The summed E-state index contributed by atoms with van der Waals surface area (Å²) in [5.74, 6) is -1.01. The zero-order valence-corrected chi connectivity index (χ0v) is 12.2. The Balaban J connectivity index is 2.28. The normalized spacial score (nSPS) is 10.1. The molecule has 102 valence electrons. The predicted octanol–water partition coefficient (Wildman–Crippen LogP) is 3.64. The van der Waals surface area contributed by atoms with Gasteiger partial charge in [0.1, 0.15) is 0 Å². The van der Waals surface area contributed by atoms with E-state index in [1.807, 2.05) is 22.6 Å². The number of hydrogen-bond acceptors (Lipinski definition) is 4. The predicted molar refractivity (Wildman–Crippen MR) is 82.5 cm³/mol. The minimum atomic E-state index is -1.01. The standard InChI is InChI=1S/C13H9IN2O4/c14-11-7-10(16(19)20)4-5-12(11)15-9-3-1-2-8(6-9)13(17)18/h1-7,15H,(H,17,18). The maximum Gasteiger partial charge on any atom is 0.335 e. The Morgan fingerprint density at radius 3 is 2.60 bits per heavy atom. The van der Waals surface area contributed by atoms with Crippen LogP contribution in [-0.2, 0) is 0 Å². The van der Waals surface area contributed by atoms with Gasteiger partial charge in [0.05, 0.1) is 16.2 Å². The molecule has 0 aliphatic heterocycles. The lowest BCUT2D eigenvalue weighted by molar-refractivity contribution is -0.384. The van der Waals surface area contributed by atoms with E-state index in [0.717, 1.165) is 0 Å². The van der Waals surface area contributed by atoms with Crippen LogP contribution in [0.3, 0.4) is 0 Å². The Hall–Kier alpha value is -2.16. The highest BCUT2D eigenvalue weighted by Crippen LogP contribution is 2.26. The highest BCUT2D eigenvalue weighted by atomic mass is 127. The molecule has 0 saturated carbocycles. The molecule has 0 spiro atoms. The molecule has 0 aromatic heterocycles. The van der Waals surface area contributed by atoms with Crippen molar-refractivity contribution < 1.29 is 14.8 Å². The van der Waals surface area contributed by atoms with Gasteiger partial charge < -0.3 is 10.4 Å². The van der Waals surface area contributed by atoms with Crippen LogP contribution in [0.4, 0.5) is 17.1 Å². The van der Waals surface area contributed by atoms with Gasteiger partial charge in [0.15, 0.2) is 0 Å². The number of rotatable bonds is 4. The summed E-state index contributed by atoms with van der Waals surface area (Å²) in [7, 11) is 0. The van der Waals surface area contributed by atoms with Crippen molar-refractivity contribution in [3.63, 3.8) is 0 Å². The number of aromatic carboxylic acids is 1. The van der Waals surface area contributed by atoms with E-state index in [1.165, 1.54) is 24.3 Å². The molecule has 0 saturated heterocycles. The first-order valence-electron chi connectivity index (χ1n) is 5.51. The number of carbonyl (C=O) groups is 1. The van der Waals surface area contributed by atoms with E-state index in [0.29, 0.717) is 14.9 Å². The third kappa shape index (κ3) is 3.23. The van der Waals surface area contributed by atoms with Gasteiger partial charge in [-0.1, -0.05) is 6.07 Å². The lowest BCUT2D eigenvalue weighted by Crippen LogP contribution is -1.99. The van der Waals surface area contributed by atoms with Crippen LogP contribution in [0.25, 0.3) is 0 Å². The smallest absolute Gasteiger partial charge is 0.335 e. The molecule has 2 rings (SSSR count). The molecular formula is C13H9IN2O4. The highest BCUT2D eigenvalue weighted by Gasteiger charge is 2.10. The van der Waals surface area contributed by atoms with E-state index in [2.05, 4.69) is 5.32 Å². The van der Waals surface area contributed by atoms with E-state index in [1.54, 1.807) is 18.2 Å². The Morgan fingerprint density at radius 1 is 1.25 bits per heavy atom. The third-order valence-corrected chi connectivity index (χ3v) is 3.44. The Morgan fingerprint density at radius 2 is 2.00 bits per heavy atom. The average molecular weight is 384 g/mol. The molecule has 2 aromatic rings. The van der Waals surface area contributed by atoms with Gasteiger partial charge in [-0.15, -0.1) is 0 Å². The van der Waals surface area contributed by atoms with Gasteiger partial charge in [-0.3, -0.25) is 10.1 Å². The molecule has 20 heavy (non-hydrogen) atoms. The molecule has 0 heterocycles. The minimum Gasteiger partial charge on any atom is -0.478 e. The van der Waals surface area contributed by atoms with Crippen molar-refractivity contribution in [1.29, 1.82) is 0 Å². The Bertz CT molecular complexity index is 688. The molecule has 0 radical (unpaired) electrons. The van der Waals surface area contributed by atoms with Crippen LogP contribution in [-0.4, -0.2) is 16.0 Å². The van der Waals surface area contributed by atoms with Crippen molar-refractivity contribution in [3.8, 4) is 0 Å². The van der Waals surface area contributed by atoms with E-state index in [-0.39, 0.29) is 11.3 Å². The second kappa shape index (κ2) is 5.87. The molecule has 6 nitrogen and oxygen atoms in total. The molecule has 0 aliphatic carbocycles. The number of carboxylic acid groups (broad SMARTS) is 1. The van der Waals surface area contributed by atoms with Crippen LogP contribution in [0.1, 0.15) is 10.4 Å². The third-order valence-electron chi connectivity index (χ3n) is 2.55. The number of nitrogens with one attached hydrogen (secondary N) is 1. The second-order valence-corrected chi connectivity index (χ2v) is 5.09. The van der Waals surface area contributed by atoms with Crippen molar-refractivity contribution in [2.45, 2.75) is 0 Å². The number of halogens is 1. The van der Waals surface area contributed by atoms with Gasteiger partial charge >= 0.3 is 5.97 Å². The van der Waals surface area contributed by atoms with Crippen LogP contribution < -0.4 is 5.32 Å². The first-order chi connectivity index (χ1) is 9.47. The lowest BCUT2D eigenvalue weighted by Gasteiger charge is -2.09. The summed E-state index contributed by atoms with van der Waals surface area (Å²) in [5, 5.41) is 22.6. The summed E-state index contributed by atoms with van der Waals surface area (Å²) >= 11 is 1.98. The number of nitro groups is 1. The molecule has 0 bridgehead atoms. The lowest BCUT2D eigenvalue weighted by atomic mass is 10.2. The topological polar surface area (TPSA) is 92.5 Å². The maximum absolute atomic E-state index is 10.9. The average Bonchev–Trinajstić information content (AvgIpc) is 2.41. The number of nitrogens with zero attached hydrogens (tertiary/aromatic N) is 1. The molecule has 0 fully saturated rings. The first-order valence-corrected chi connectivity index (χ1v) is 6.59. The number of carboxylic acids is 1. The molecule has 2 N–H and O–H groups in total. The fourth-order valence-electron chi connectivity index (χ4n) is 1.60. The monoisotopic (exact) mass is 384 g/mol. The van der Waals surface area contributed by atoms with Gasteiger partial charge in [-0.05, 0) is 46.9 Å². The van der Waals surface area contributed by atoms with E-state index < -0.39 is 10.9 Å². The van der Waals surface area contributed by atoms with Gasteiger partial charge in [-0.2, -0.15) is 0 Å². The number of nitro benzene ring substituents is 1. The van der Waals surface area contributed by atoms with Gasteiger partial charge in [-0.25, -0.2) is 4.79 Å². The molecule has 7 heteroatoms. The SMILES string of the molecule is O=C(O)c1cccc(Nc2ccc([N+](=O)[O-])cc2I)c1. The van der Waals surface area contributed by atoms with Crippen molar-refractivity contribution in [2.24, 2.45) is 0 Å². The Labute approximate surface area is 127 Å². The zero-order chi connectivity index (χ0) is 14.7. The summed E-state index contributed by atoms with van der Waals surface area (Å²) in [6, 6.07) is 10.8.